The van der Waals surface area contributed by atoms with Crippen molar-refractivity contribution >= 4 is 16.8 Å². The van der Waals surface area contributed by atoms with Gasteiger partial charge < -0.3 is 4.90 Å². The predicted molar refractivity (Wildman–Crippen MR) is 107 cm³/mol. The zero-order valence-electron chi connectivity index (χ0n) is 16.0. The molecule has 1 amide bonds. The minimum absolute atomic E-state index is 0.118. The van der Waals surface area contributed by atoms with Crippen LogP contribution in [0.15, 0.2) is 48.5 Å². The van der Waals surface area contributed by atoms with E-state index in [-0.39, 0.29) is 5.91 Å². The van der Waals surface area contributed by atoms with Gasteiger partial charge in [0.15, 0.2) is 0 Å². The zero-order chi connectivity index (χ0) is 18.7. The number of fused-ring (bicyclic) bond motifs is 1. The number of aryl methyl sites for hydroxylation is 3. The van der Waals surface area contributed by atoms with Crippen LogP contribution in [0.4, 0.5) is 0 Å². The quantitative estimate of drug-likeness (QED) is 0.675. The number of carbonyl (C=O) groups excluding carboxylic acids is 1. The number of carbonyl (C=O) groups is 1. The molecule has 0 fully saturated rings. The Labute approximate surface area is 155 Å². The van der Waals surface area contributed by atoms with Gasteiger partial charge in [-0.15, -0.1) is 0 Å². The van der Waals surface area contributed by atoms with Crippen LogP contribution in [0, 0.1) is 13.8 Å². The smallest absolute Gasteiger partial charge is 0.227 e. The Balaban J connectivity index is 1.77. The molecule has 0 radical (unpaired) electrons. The molecule has 3 rings (SSSR count). The maximum Gasteiger partial charge on any atom is 0.227 e. The van der Waals surface area contributed by atoms with E-state index in [1.165, 1.54) is 5.56 Å². The highest BCUT2D eigenvalue weighted by Crippen LogP contribution is 2.23. The Bertz CT molecular complexity index is 929. The molecule has 2 aromatic carbocycles. The second-order valence-electron chi connectivity index (χ2n) is 6.91. The molecule has 0 aliphatic rings. The minimum atomic E-state index is 0.118. The summed E-state index contributed by atoms with van der Waals surface area (Å²) in [5.41, 5.74) is 6.60. The highest BCUT2D eigenvalue weighted by molar-refractivity contribution is 5.86. The molecular formula is C23H26N2O. The fraction of sp³-hybridized carbons (Fsp3) is 0.304. The van der Waals surface area contributed by atoms with Crippen LogP contribution in [-0.4, -0.2) is 22.8 Å². The lowest BCUT2D eigenvalue weighted by molar-refractivity contribution is -0.129. The van der Waals surface area contributed by atoms with E-state index in [2.05, 4.69) is 49.2 Å². The molecule has 1 aromatic heterocycles. The topological polar surface area (TPSA) is 33.2 Å². The monoisotopic (exact) mass is 346 g/mol. The highest BCUT2D eigenvalue weighted by Gasteiger charge is 2.16. The van der Waals surface area contributed by atoms with Crippen LogP contribution >= 0.6 is 0 Å². The lowest BCUT2D eigenvalue weighted by Crippen LogP contribution is -2.28. The van der Waals surface area contributed by atoms with E-state index in [0.29, 0.717) is 13.0 Å². The van der Waals surface area contributed by atoms with Gasteiger partial charge in [0.05, 0.1) is 11.9 Å². The molecule has 3 aromatic rings. The Morgan fingerprint density at radius 1 is 1.00 bits per heavy atom. The first kappa shape index (κ1) is 18.1. The molecule has 0 saturated carbocycles. The summed E-state index contributed by atoms with van der Waals surface area (Å²) in [5.74, 6) is 0.118. The molecule has 0 atom stereocenters. The summed E-state index contributed by atoms with van der Waals surface area (Å²) in [4.78, 5) is 19.3. The summed E-state index contributed by atoms with van der Waals surface area (Å²) in [6.45, 7) is 6.85. The molecule has 0 spiro atoms. The van der Waals surface area contributed by atoms with Crippen molar-refractivity contribution in [1.82, 2.24) is 9.88 Å². The van der Waals surface area contributed by atoms with Crippen LogP contribution in [0.5, 0.6) is 0 Å². The summed E-state index contributed by atoms with van der Waals surface area (Å²) >= 11 is 0. The third-order valence-corrected chi connectivity index (χ3v) is 5.09. The van der Waals surface area contributed by atoms with Crippen molar-refractivity contribution in [1.29, 1.82) is 0 Å². The first-order valence-corrected chi connectivity index (χ1v) is 9.16. The van der Waals surface area contributed by atoms with Crippen molar-refractivity contribution in [3.63, 3.8) is 0 Å². The largest absolute Gasteiger partial charge is 0.341 e. The Kier molecular flexibility index (Phi) is 5.36. The van der Waals surface area contributed by atoms with E-state index in [0.717, 1.165) is 39.7 Å². The number of rotatable bonds is 5. The first-order valence-electron chi connectivity index (χ1n) is 9.16. The normalized spacial score (nSPS) is 10.9. The standard InChI is InChI=1S/C23H26N2O/c1-5-18-10-12-19(13-11-18)15-25(4)23(26)14-21-16(2)20-8-6-7-9-22(20)24-17(21)3/h6-13H,5,14-15H2,1-4H3. The molecule has 0 bridgehead atoms. The van der Waals surface area contributed by atoms with Gasteiger partial charge in [0.2, 0.25) is 5.91 Å². The number of aromatic nitrogens is 1. The molecule has 134 valence electrons. The third-order valence-electron chi connectivity index (χ3n) is 5.09. The van der Waals surface area contributed by atoms with Gasteiger partial charge in [0.1, 0.15) is 0 Å². The molecule has 0 saturated heterocycles. The number of likely N-dealkylation sites (N-methyl/N-ethyl adjacent to an activating group) is 1. The minimum Gasteiger partial charge on any atom is -0.341 e. The first-order chi connectivity index (χ1) is 12.5. The number of benzene rings is 2. The van der Waals surface area contributed by atoms with Gasteiger partial charge in [-0.1, -0.05) is 49.4 Å². The number of hydrogen-bond donors (Lipinski definition) is 0. The number of amides is 1. The van der Waals surface area contributed by atoms with Crippen LogP contribution in [0.2, 0.25) is 0 Å². The third kappa shape index (κ3) is 3.77. The van der Waals surface area contributed by atoms with Crippen LogP contribution in [0.25, 0.3) is 10.9 Å². The Hall–Kier alpha value is -2.68. The van der Waals surface area contributed by atoms with Gasteiger partial charge in [-0.3, -0.25) is 9.78 Å². The van der Waals surface area contributed by atoms with Crippen molar-refractivity contribution in [2.24, 2.45) is 0 Å². The molecular weight excluding hydrogens is 320 g/mol. The maximum absolute atomic E-state index is 12.8. The predicted octanol–water partition coefficient (Wildman–Crippen LogP) is 4.62. The second kappa shape index (κ2) is 7.69. The molecule has 0 N–H and O–H groups in total. The molecule has 0 aliphatic heterocycles. The van der Waals surface area contributed by atoms with Gasteiger partial charge in [-0.2, -0.15) is 0 Å². The van der Waals surface area contributed by atoms with Crippen LogP contribution in [0.1, 0.15) is 34.9 Å². The van der Waals surface area contributed by atoms with E-state index in [9.17, 15) is 4.79 Å². The molecule has 3 nitrogen and oxygen atoms in total. The molecule has 26 heavy (non-hydrogen) atoms. The molecule has 3 heteroatoms. The summed E-state index contributed by atoms with van der Waals surface area (Å²) in [6, 6.07) is 16.6. The summed E-state index contributed by atoms with van der Waals surface area (Å²) in [7, 11) is 1.87. The lowest BCUT2D eigenvalue weighted by Gasteiger charge is -2.19. The maximum atomic E-state index is 12.8. The van der Waals surface area contributed by atoms with Crippen LogP contribution in [0.3, 0.4) is 0 Å². The number of nitrogens with zero attached hydrogens (tertiary/aromatic N) is 2. The van der Waals surface area contributed by atoms with Gasteiger partial charge >= 0.3 is 0 Å². The molecule has 0 unspecified atom stereocenters. The number of pyridine rings is 1. The van der Waals surface area contributed by atoms with Crippen molar-refractivity contribution in [3.8, 4) is 0 Å². The molecule has 1 heterocycles. The van der Waals surface area contributed by atoms with E-state index in [1.54, 1.807) is 4.90 Å². The fourth-order valence-corrected chi connectivity index (χ4v) is 3.36. The summed E-state index contributed by atoms with van der Waals surface area (Å²) in [5, 5.41) is 1.12. The Morgan fingerprint density at radius 2 is 1.65 bits per heavy atom. The average Bonchev–Trinajstić information content (AvgIpc) is 2.65. The second-order valence-corrected chi connectivity index (χ2v) is 6.91. The average molecular weight is 346 g/mol. The van der Waals surface area contributed by atoms with E-state index in [1.807, 2.05) is 32.2 Å². The fourth-order valence-electron chi connectivity index (χ4n) is 3.36. The zero-order valence-corrected chi connectivity index (χ0v) is 16.0. The van der Waals surface area contributed by atoms with E-state index < -0.39 is 0 Å². The van der Waals surface area contributed by atoms with Crippen LogP contribution in [-0.2, 0) is 24.2 Å². The Morgan fingerprint density at radius 3 is 2.35 bits per heavy atom. The van der Waals surface area contributed by atoms with Gasteiger partial charge in [0.25, 0.3) is 0 Å². The highest BCUT2D eigenvalue weighted by atomic mass is 16.2. The summed E-state index contributed by atoms with van der Waals surface area (Å²) < 4.78 is 0. The lowest BCUT2D eigenvalue weighted by atomic mass is 9.99. The summed E-state index contributed by atoms with van der Waals surface area (Å²) in [6.07, 6.45) is 1.42. The van der Waals surface area contributed by atoms with Crippen molar-refractivity contribution < 1.29 is 4.79 Å². The van der Waals surface area contributed by atoms with Crippen LogP contribution < -0.4 is 0 Å². The SMILES string of the molecule is CCc1ccc(CN(C)C(=O)Cc2c(C)nc3ccccc3c2C)cc1. The van der Waals surface area contributed by atoms with Gasteiger partial charge in [-0.05, 0) is 48.6 Å². The van der Waals surface area contributed by atoms with Crippen molar-refractivity contribution in [3.05, 3.63) is 76.5 Å². The molecule has 0 aliphatic carbocycles. The van der Waals surface area contributed by atoms with Gasteiger partial charge in [-0.25, -0.2) is 0 Å². The van der Waals surface area contributed by atoms with E-state index >= 15 is 0 Å². The van der Waals surface area contributed by atoms with Crippen molar-refractivity contribution in [2.75, 3.05) is 7.05 Å². The van der Waals surface area contributed by atoms with E-state index in [4.69, 9.17) is 0 Å². The number of hydrogen-bond acceptors (Lipinski definition) is 2. The number of para-hydroxylation sites is 1. The van der Waals surface area contributed by atoms with Crippen molar-refractivity contribution in [2.45, 2.75) is 40.2 Å². The van der Waals surface area contributed by atoms with Gasteiger partial charge in [0, 0.05) is 24.7 Å².